The number of halogens is 2. The van der Waals surface area contributed by atoms with Crippen LogP contribution in [0.25, 0.3) is 0 Å². The van der Waals surface area contributed by atoms with Gasteiger partial charge >= 0.3 is 0 Å². The molecule has 0 radical (unpaired) electrons. The van der Waals surface area contributed by atoms with Gasteiger partial charge in [0.25, 0.3) is 5.92 Å². The minimum atomic E-state index is -2.55. The smallest absolute Gasteiger partial charge is 0.253 e. The van der Waals surface area contributed by atoms with Crippen LogP contribution in [0.5, 0.6) is 0 Å². The summed E-state index contributed by atoms with van der Waals surface area (Å²) in [6.07, 6.45) is -0.466. The van der Waals surface area contributed by atoms with E-state index in [1.54, 1.807) is 0 Å². The standard InChI is InChI=1S/C14H23F2NO2/c1-10-8-17(9-13(10,2)3)12(18)4-5-19-11-6-14(15,16)7-11/h10-11H,4-9H2,1-3H3. The fourth-order valence-corrected chi connectivity index (χ4v) is 2.68. The molecule has 0 spiro atoms. The molecular weight excluding hydrogens is 252 g/mol. The zero-order valence-corrected chi connectivity index (χ0v) is 11.9. The third-order valence-corrected chi connectivity index (χ3v) is 4.50. The molecule has 0 bridgehead atoms. The summed E-state index contributed by atoms with van der Waals surface area (Å²) in [5.74, 6) is -1.99. The zero-order chi connectivity index (χ0) is 14.3. The normalized spacial score (nSPS) is 29.3. The highest BCUT2D eigenvalue weighted by molar-refractivity contribution is 5.76. The van der Waals surface area contributed by atoms with Crippen molar-refractivity contribution in [1.29, 1.82) is 0 Å². The van der Waals surface area contributed by atoms with Gasteiger partial charge in [-0.2, -0.15) is 0 Å². The Morgan fingerprint density at radius 2 is 2.00 bits per heavy atom. The molecule has 1 unspecified atom stereocenters. The summed E-state index contributed by atoms with van der Waals surface area (Å²) in [6, 6.07) is 0. The second-order valence-electron chi connectivity index (χ2n) is 6.67. The van der Waals surface area contributed by atoms with Crippen LogP contribution in [0.1, 0.15) is 40.0 Å². The minimum Gasteiger partial charge on any atom is -0.377 e. The molecule has 1 aliphatic carbocycles. The van der Waals surface area contributed by atoms with Crippen molar-refractivity contribution in [2.45, 2.75) is 52.1 Å². The van der Waals surface area contributed by atoms with Crippen molar-refractivity contribution in [2.75, 3.05) is 19.7 Å². The monoisotopic (exact) mass is 275 g/mol. The number of amides is 1. The number of carbonyl (C=O) groups is 1. The molecule has 5 heteroatoms. The summed E-state index contributed by atoms with van der Waals surface area (Å²) < 4.78 is 30.5. The fourth-order valence-electron chi connectivity index (χ4n) is 2.68. The maximum Gasteiger partial charge on any atom is 0.253 e. The largest absolute Gasteiger partial charge is 0.377 e. The molecule has 2 rings (SSSR count). The first-order valence-electron chi connectivity index (χ1n) is 6.97. The number of nitrogens with zero attached hydrogens (tertiary/aromatic N) is 1. The van der Waals surface area contributed by atoms with Gasteiger partial charge < -0.3 is 9.64 Å². The second-order valence-corrected chi connectivity index (χ2v) is 6.67. The van der Waals surface area contributed by atoms with E-state index in [2.05, 4.69) is 20.8 Å². The van der Waals surface area contributed by atoms with Gasteiger partial charge in [0.2, 0.25) is 5.91 Å². The Kier molecular flexibility index (Phi) is 3.87. The summed E-state index contributed by atoms with van der Waals surface area (Å²) in [7, 11) is 0. The van der Waals surface area contributed by atoms with Crippen LogP contribution in [0, 0.1) is 11.3 Å². The molecule has 2 fully saturated rings. The molecule has 110 valence electrons. The van der Waals surface area contributed by atoms with Gasteiger partial charge in [-0.25, -0.2) is 8.78 Å². The summed E-state index contributed by atoms with van der Waals surface area (Å²) in [5, 5.41) is 0. The Morgan fingerprint density at radius 3 is 2.47 bits per heavy atom. The summed E-state index contributed by atoms with van der Waals surface area (Å²) in [6.45, 7) is 8.29. The van der Waals surface area contributed by atoms with Crippen LogP contribution in [0.4, 0.5) is 8.78 Å². The first kappa shape index (κ1) is 14.7. The molecule has 0 aromatic heterocycles. The van der Waals surface area contributed by atoms with Gasteiger partial charge in [0, 0.05) is 25.9 Å². The van der Waals surface area contributed by atoms with Gasteiger partial charge in [-0.15, -0.1) is 0 Å². The first-order chi connectivity index (χ1) is 8.70. The molecule has 1 atom stereocenters. The molecule has 1 saturated heterocycles. The van der Waals surface area contributed by atoms with E-state index in [1.165, 1.54) is 0 Å². The van der Waals surface area contributed by atoms with Crippen molar-refractivity contribution < 1.29 is 18.3 Å². The highest BCUT2D eigenvalue weighted by atomic mass is 19.3. The Morgan fingerprint density at radius 1 is 1.37 bits per heavy atom. The lowest BCUT2D eigenvalue weighted by Gasteiger charge is -2.34. The molecule has 1 aliphatic heterocycles. The molecule has 3 nitrogen and oxygen atoms in total. The van der Waals surface area contributed by atoms with Crippen LogP contribution in [0.3, 0.4) is 0 Å². The van der Waals surface area contributed by atoms with Crippen LogP contribution in [-0.2, 0) is 9.53 Å². The summed E-state index contributed by atoms with van der Waals surface area (Å²) in [5.41, 5.74) is 0.159. The zero-order valence-electron chi connectivity index (χ0n) is 11.9. The van der Waals surface area contributed by atoms with E-state index in [9.17, 15) is 13.6 Å². The maximum atomic E-state index is 12.6. The predicted molar refractivity (Wildman–Crippen MR) is 68.1 cm³/mol. The van der Waals surface area contributed by atoms with Gasteiger partial charge in [0.15, 0.2) is 0 Å². The Labute approximate surface area is 113 Å². The molecule has 0 aromatic rings. The molecule has 1 saturated carbocycles. The number of alkyl halides is 2. The molecule has 2 aliphatic rings. The topological polar surface area (TPSA) is 29.5 Å². The number of ether oxygens (including phenoxy) is 1. The van der Waals surface area contributed by atoms with Crippen molar-refractivity contribution in [1.82, 2.24) is 4.90 Å². The molecule has 0 aromatic carbocycles. The predicted octanol–water partition coefficient (Wildman–Crippen LogP) is 2.70. The third-order valence-electron chi connectivity index (χ3n) is 4.50. The Bertz CT molecular complexity index is 349. The van der Waals surface area contributed by atoms with Crippen LogP contribution in [0.2, 0.25) is 0 Å². The fraction of sp³-hybridized carbons (Fsp3) is 0.929. The van der Waals surface area contributed by atoms with Crippen LogP contribution in [0.15, 0.2) is 0 Å². The van der Waals surface area contributed by atoms with E-state index in [0.29, 0.717) is 12.3 Å². The lowest BCUT2D eigenvalue weighted by molar-refractivity contribution is -0.167. The molecule has 0 N–H and O–H groups in total. The van der Waals surface area contributed by atoms with Crippen LogP contribution < -0.4 is 0 Å². The van der Waals surface area contributed by atoms with Gasteiger partial charge in [-0.3, -0.25) is 4.79 Å². The van der Waals surface area contributed by atoms with E-state index in [-0.39, 0.29) is 36.9 Å². The molecular formula is C14H23F2NO2. The van der Waals surface area contributed by atoms with E-state index >= 15 is 0 Å². The van der Waals surface area contributed by atoms with Gasteiger partial charge in [-0.05, 0) is 11.3 Å². The first-order valence-corrected chi connectivity index (χ1v) is 6.97. The van der Waals surface area contributed by atoms with Crippen LogP contribution >= 0.6 is 0 Å². The Hall–Kier alpha value is -0.710. The number of rotatable bonds is 4. The summed E-state index contributed by atoms with van der Waals surface area (Å²) >= 11 is 0. The third kappa shape index (κ3) is 3.44. The quantitative estimate of drug-likeness (QED) is 0.789. The van der Waals surface area contributed by atoms with Gasteiger partial charge in [0.1, 0.15) is 0 Å². The van der Waals surface area contributed by atoms with E-state index in [1.807, 2.05) is 4.90 Å². The minimum absolute atomic E-state index is 0.0727. The average Bonchev–Trinajstić information content (AvgIpc) is 2.51. The average molecular weight is 275 g/mol. The number of hydrogen-bond donors (Lipinski definition) is 0. The lowest BCUT2D eigenvalue weighted by Crippen LogP contribution is -2.41. The van der Waals surface area contributed by atoms with Gasteiger partial charge in [-0.1, -0.05) is 20.8 Å². The lowest BCUT2D eigenvalue weighted by atomic mass is 9.84. The maximum absolute atomic E-state index is 12.6. The van der Waals surface area contributed by atoms with E-state index < -0.39 is 5.92 Å². The second kappa shape index (κ2) is 5.00. The number of hydrogen-bond acceptors (Lipinski definition) is 2. The number of carbonyl (C=O) groups excluding carboxylic acids is 1. The van der Waals surface area contributed by atoms with Gasteiger partial charge in [0.05, 0.1) is 19.1 Å². The highest BCUT2D eigenvalue weighted by Gasteiger charge is 2.46. The molecule has 1 amide bonds. The van der Waals surface area contributed by atoms with Crippen molar-refractivity contribution in [2.24, 2.45) is 11.3 Å². The van der Waals surface area contributed by atoms with Crippen molar-refractivity contribution in [3.63, 3.8) is 0 Å². The summed E-state index contributed by atoms with van der Waals surface area (Å²) in [4.78, 5) is 13.9. The van der Waals surface area contributed by atoms with Crippen molar-refractivity contribution in [3.05, 3.63) is 0 Å². The molecule has 1 heterocycles. The van der Waals surface area contributed by atoms with E-state index in [4.69, 9.17) is 4.74 Å². The molecule has 19 heavy (non-hydrogen) atoms. The van der Waals surface area contributed by atoms with Crippen molar-refractivity contribution in [3.8, 4) is 0 Å². The Balaban J connectivity index is 1.66. The van der Waals surface area contributed by atoms with Crippen molar-refractivity contribution >= 4 is 5.91 Å². The SMILES string of the molecule is CC1CN(C(=O)CCOC2CC(F)(F)C2)CC1(C)C. The highest BCUT2D eigenvalue weighted by Crippen LogP contribution is 2.39. The number of likely N-dealkylation sites (tertiary alicyclic amines) is 1. The van der Waals surface area contributed by atoms with Crippen LogP contribution in [-0.4, -0.2) is 42.5 Å². The van der Waals surface area contributed by atoms with E-state index in [0.717, 1.165) is 13.1 Å².